The van der Waals surface area contributed by atoms with E-state index in [1.54, 1.807) is 0 Å². The summed E-state index contributed by atoms with van der Waals surface area (Å²) in [5.41, 5.74) is 0. The minimum atomic E-state index is 1.14. The van der Waals surface area contributed by atoms with Crippen LogP contribution in [0.2, 0.25) is 0 Å². The Morgan fingerprint density at radius 2 is 0.714 bits per heavy atom. The smallest absolute Gasteiger partial charge is 0.0313 e. The highest BCUT2D eigenvalue weighted by molar-refractivity contribution is 5.15. The standard InChI is InChI=1S/C14H18/c1-2-4-6-8-10-12-14-13-11-9-7-5-3-1/h1-8,13-14H,9-12H2/b3-1-,4-2+,7-5?,8-6-,14-13-. The van der Waals surface area contributed by atoms with Crippen LogP contribution in [0.4, 0.5) is 0 Å². The molecule has 14 heavy (non-hydrogen) atoms. The fourth-order valence-electron chi connectivity index (χ4n) is 1.23. The first-order valence-corrected chi connectivity index (χ1v) is 5.30. The molecule has 0 unspecified atom stereocenters. The lowest BCUT2D eigenvalue weighted by Crippen LogP contribution is -1.68. The monoisotopic (exact) mass is 186 g/mol. The van der Waals surface area contributed by atoms with Crippen LogP contribution in [-0.2, 0) is 0 Å². The summed E-state index contributed by atoms with van der Waals surface area (Å²) in [4.78, 5) is 0. The fraction of sp³-hybridized carbons (Fsp3) is 0.286. The van der Waals surface area contributed by atoms with Crippen molar-refractivity contribution in [2.75, 3.05) is 0 Å². The van der Waals surface area contributed by atoms with Crippen LogP contribution in [0.25, 0.3) is 0 Å². The molecule has 0 saturated heterocycles. The van der Waals surface area contributed by atoms with E-state index in [-0.39, 0.29) is 0 Å². The van der Waals surface area contributed by atoms with Gasteiger partial charge in [-0.2, -0.15) is 0 Å². The van der Waals surface area contributed by atoms with Crippen molar-refractivity contribution in [1.29, 1.82) is 0 Å². The van der Waals surface area contributed by atoms with E-state index in [0.29, 0.717) is 0 Å². The molecule has 0 nitrogen and oxygen atoms in total. The van der Waals surface area contributed by atoms with E-state index in [1.807, 2.05) is 0 Å². The third-order valence-corrected chi connectivity index (χ3v) is 1.99. The number of allylic oxidation sites excluding steroid dienone is 10. The van der Waals surface area contributed by atoms with Gasteiger partial charge in [-0.3, -0.25) is 0 Å². The Labute approximate surface area is 87.0 Å². The van der Waals surface area contributed by atoms with Gasteiger partial charge in [0.2, 0.25) is 0 Å². The molecule has 0 radical (unpaired) electrons. The van der Waals surface area contributed by atoms with E-state index >= 15 is 0 Å². The van der Waals surface area contributed by atoms with Gasteiger partial charge in [-0.05, 0) is 25.7 Å². The highest BCUT2D eigenvalue weighted by Crippen LogP contribution is 1.98. The topological polar surface area (TPSA) is 0 Å². The van der Waals surface area contributed by atoms with Crippen LogP contribution in [0, 0.1) is 0 Å². The van der Waals surface area contributed by atoms with Gasteiger partial charge in [-0.1, -0.05) is 60.8 Å². The van der Waals surface area contributed by atoms with Crippen molar-refractivity contribution in [2.24, 2.45) is 0 Å². The maximum Gasteiger partial charge on any atom is -0.0313 e. The average molecular weight is 186 g/mol. The number of hydrogen-bond donors (Lipinski definition) is 0. The van der Waals surface area contributed by atoms with Crippen LogP contribution in [-0.4, -0.2) is 0 Å². The van der Waals surface area contributed by atoms with E-state index in [4.69, 9.17) is 0 Å². The van der Waals surface area contributed by atoms with Gasteiger partial charge in [0, 0.05) is 0 Å². The molecule has 0 atom stereocenters. The second kappa shape index (κ2) is 8.31. The van der Waals surface area contributed by atoms with Gasteiger partial charge in [0.1, 0.15) is 0 Å². The first-order chi connectivity index (χ1) is 7.00. The molecule has 1 aliphatic rings. The first kappa shape index (κ1) is 10.8. The number of hydrogen-bond acceptors (Lipinski definition) is 0. The summed E-state index contributed by atoms with van der Waals surface area (Å²) in [6.07, 6.45) is 26.0. The summed E-state index contributed by atoms with van der Waals surface area (Å²) < 4.78 is 0. The Morgan fingerprint density at radius 1 is 0.357 bits per heavy atom. The second-order valence-corrected chi connectivity index (χ2v) is 3.25. The molecule has 1 rings (SSSR count). The van der Waals surface area contributed by atoms with Crippen LogP contribution in [0.15, 0.2) is 60.8 Å². The molecule has 0 aromatic carbocycles. The molecule has 0 heterocycles. The van der Waals surface area contributed by atoms with E-state index in [2.05, 4.69) is 60.8 Å². The molecule has 0 amide bonds. The molecular formula is C14H18. The van der Waals surface area contributed by atoms with Gasteiger partial charge in [0.15, 0.2) is 0 Å². The van der Waals surface area contributed by atoms with Gasteiger partial charge in [-0.15, -0.1) is 0 Å². The third kappa shape index (κ3) is 6.24. The zero-order chi connectivity index (χ0) is 9.90. The highest BCUT2D eigenvalue weighted by atomic mass is 13.8. The first-order valence-electron chi connectivity index (χ1n) is 5.30. The normalized spacial score (nSPS) is 27.4. The molecule has 0 spiro atoms. The van der Waals surface area contributed by atoms with Crippen LogP contribution in [0.1, 0.15) is 25.7 Å². The molecular weight excluding hydrogens is 168 g/mol. The molecule has 0 saturated carbocycles. The van der Waals surface area contributed by atoms with Gasteiger partial charge >= 0.3 is 0 Å². The van der Waals surface area contributed by atoms with Gasteiger partial charge in [-0.25, -0.2) is 0 Å². The van der Waals surface area contributed by atoms with E-state index in [0.717, 1.165) is 25.7 Å². The molecule has 0 heteroatoms. The Morgan fingerprint density at radius 3 is 1.21 bits per heavy atom. The molecule has 0 aromatic rings. The summed E-state index contributed by atoms with van der Waals surface area (Å²) in [5.74, 6) is 0. The zero-order valence-electron chi connectivity index (χ0n) is 8.60. The average Bonchev–Trinajstić information content (AvgIpc) is 2.22. The van der Waals surface area contributed by atoms with Gasteiger partial charge in [0.25, 0.3) is 0 Å². The van der Waals surface area contributed by atoms with Crippen LogP contribution < -0.4 is 0 Å². The van der Waals surface area contributed by atoms with E-state index < -0.39 is 0 Å². The number of rotatable bonds is 0. The highest BCUT2D eigenvalue weighted by Gasteiger charge is 1.78. The lowest BCUT2D eigenvalue weighted by atomic mass is 10.2. The van der Waals surface area contributed by atoms with Crippen molar-refractivity contribution >= 4 is 0 Å². The Kier molecular flexibility index (Phi) is 6.39. The maximum atomic E-state index is 2.27. The van der Waals surface area contributed by atoms with Crippen molar-refractivity contribution in [3.8, 4) is 0 Å². The molecule has 0 fully saturated rings. The van der Waals surface area contributed by atoms with Crippen molar-refractivity contribution in [2.45, 2.75) is 25.7 Å². The Bertz CT molecular complexity index is 234. The lowest BCUT2D eigenvalue weighted by Gasteiger charge is -1.88. The Hall–Kier alpha value is -1.30. The summed E-state index contributed by atoms with van der Waals surface area (Å²) in [7, 11) is 0. The third-order valence-electron chi connectivity index (χ3n) is 1.99. The quantitative estimate of drug-likeness (QED) is 0.494. The zero-order valence-corrected chi connectivity index (χ0v) is 8.60. The van der Waals surface area contributed by atoms with Crippen LogP contribution in [0.3, 0.4) is 0 Å². The predicted octanol–water partition coefficient (Wildman–Crippen LogP) is 4.34. The van der Waals surface area contributed by atoms with E-state index in [9.17, 15) is 0 Å². The molecule has 74 valence electrons. The molecule has 0 N–H and O–H groups in total. The van der Waals surface area contributed by atoms with Crippen molar-refractivity contribution in [1.82, 2.24) is 0 Å². The predicted molar refractivity (Wildman–Crippen MR) is 64.2 cm³/mol. The summed E-state index contributed by atoms with van der Waals surface area (Å²) in [6.45, 7) is 0. The summed E-state index contributed by atoms with van der Waals surface area (Å²) in [5, 5.41) is 0. The lowest BCUT2D eigenvalue weighted by molar-refractivity contribution is 1.00. The maximum absolute atomic E-state index is 2.27. The second-order valence-electron chi connectivity index (χ2n) is 3.25. The summed E-state index contributed by atoms with van der Waals surface area (Å²) in [6, 6.07) is 0. The van der Waals surface area contributed by atoms with Crippen LogP contribution in [0.5, 0.6) is 0 Å². The van der Waals surface area contributed by atoms with Gasteiger partial charge in [0.05, 0.1) is 0 Å². The Balaban J connectivity index is 2.46. The minimum absolute atomic E-state index is 1.14. The molecule has 0 aliphatic heterocycles. The minimum Gasteiger partial charge on any atom is -0.0882 e. The molecule has 0 aromatic heterocycles. The van der Waals surface area contributed by atoms with Crippen molar-refractivity contribution < 1.29 is 0 Å². The fourth-order valence-corrected chi connectivity index (χ4v) is 1.23. The van der Waals surface area contributed by atoms with E-state index in [1.165, 1.54) is 0 Å². The van der Waals surface area contributed by atoms with Crippen molar-refractivity contribution in [3.05, 3.63) is 60.8 Å². The van der Waals surface area contributed by atoms with Crippen molar-refractivity contribution in [3.63, 3.8) is 0 Å². The SMILES string of the molecule is C1=CCC/C=C\CC\C=C/C=C/C=C\1. The largest absolute Gasteiger partial charge is 0.0882 e. The van der Waals surface area contributed by atoms with Crippen LogP contribution >= 0.6 is 0 Å². The summed E-state index contributed by atoms with van der Waals surface area (Å²) >= 11 is 0. The molecule has 1 aliphatic carbocycles. The van der Waals surface area contributed by atoms with Gasteiger partial charge < -0.3 is 0 Å². The molecule has 0 bridgehead atoms.